The van der Waals surface area contributed by atoms with Gasteiger partial charge in [0.2, 0.25) is 0 Å². The summed E-state index contributed by atoms with van der Waals surface area (Å²) >= 11 is 11.4. The second kappa shape index (κ2) is 5.47. The number of amides is 1. The van der Waals surface area contributed by atoms with Crippen molar-refractivity contribution < 1.29 is 15.0 Å². The molecular formula is C11H13Cl2NO3. The molecule has 94 valence electrons. The first-order valence-corrected chi connectivity index (χ1v) is 5.95. The van der Waals surface area contributed by atoms with Crippen molar-refractivity contribution in [1.29, 1.82) is 0 Å². The monoisotopic (exact) mass is 277 g/mol. The average Bonchev–Trinajstić information content (AvgIpc) is 2.28. The van der Waals surface area contributed by atoms with E-state index in [1.54, 1.807) is 6.92 Å². The van der Waals surface area contributed by atoms with Gasteiger partial charge in [0.1, 0.15) is 11.5 Å². The lowest BCUT2D eigenvalue weighted by molar-refractivity contribution is 0.0918. The second-order valence-corrected chi connectivity index (χ2v) is 4.52. The smallest absolute Gasteiger partial charge is 0.255 e. The Hall–Kier alpha value is -1.13. The minimum absolute atomic E-state index is 0.0595. The van der Waals surface area contributed by atoms with E-state index >= 15 is 0 Å². The van der Waals surface area contributed by atoms with Crippen LogP contribution in [0.25, 0.3) is 0 Å². The fourth-order valence-electron chi connectivity index (χ4n) is 1.16. The molecule has 1 amide bonds. The number of nitrogens with one attached hydrogen (secondary N) is 1. The van der Waals surface area contributed by atoms with Crippen LogP contribution >= 0.6 is 23.2 Å². The second-order valence-electron chi connectivity index (χ2n) is 3.98. The molecule has 0 aromatic heterocycles. The summed E-state index contributed by atoms with van der Waals surface area (Å²) in [5.74, 6) is -0.598. The van der Waals surface area contributed by atoms with Crippen LogP contribution in [0.4, 0.5) is 0 Å². The standard InChI is InChI=1S/C11H13Cl2NO3/c1-11(5-12,6-13)14-10(17)8-3-2-7(15)4-9(8)16/h2-4,15-16H,5-6H2,1H3,(H,14,17). The first-order chi connectivity index (χ1) is 7.91. The predicted octanol–water partition coefficient (Wildman–Crippen LogP) is 2.06. The Bertz CT molecular complexity index is 419. The van der Waals surface area contributed by atoms with Gasteiger partial charge in [0.05, 0.1) is 11.1 Å². The quantitative estimate of drug-likeness (QED) is 0.738. The zero-order valence-corrected chi connectivity index (χ0v) is 10.7. The molecule has 1 aromatic carbocycles. The molecule has 0 saturated carbocycles. The highest BCUT2D eigenvalue weighted by atomic mass is 35.5. The van der Waals surface area contributed by atoms with Gasteiger partial charge in [-0.05, 0) is 19.1 Å². The SMILES string of the molecule is CC(CCl)(CCl)NC(=O)c1ccc(O)cc1O. The van der Waals surface area contributed by atoms with E-state index in [1.807, 2.05) is 0 Å². The fraction of sp³-hybridized carbons (Fsp3) is 0.364. The Balaban J connectivity index is 2.90. The summed E-state index contributed by atoms with van der Waals surface area (Å²) in [5, 5.41) is 21.3. The Morgan fingerprint density at radius 3 is 2.41 bits per heavy atom. The minimum atomic E-state index is -0.746. The number of phenols is 2. The topological polar surface area (TPSA) is 69.6 Å². The zero-order valence-electron chi connectivity index (χ0n) is 9.20. The van der Waals surface area contributed by atoms with E-state index < -0.39 is 11.4 Å². The number of hydrogen-bond donors (Lipinski definition) is 3. The van der Waals surface area contributed by atoms with Gasteiger partial charge >= 0.3 is 0 Å². The number of alkyl halides is 2. The van der Waals surface area contributed by atoms with Crippen LogP contribution < -0.4 is 5.32 Å². The van der Waals surface area contributed by atoms with Crippen LogP contribution in [0.5, 0.6) is 11.5 Å². The molecule has 4 nitrogen and oxygen atoms in total. The first kappa shape index (κ1) is 13.9. The molecule has 0 atom stereocenters. The maximum absolute atomic E-state index is 11.8. The van der Waals surface area contributed by atoms with Gasteiger partial charge < -0.3 is 15.5 Å². The van der Waals surface area contributed by atoms with Gasteiger partial charge in [-0.3, -0.25) is 4.79 Å². The van der Waals surface area contributed by atoms with Crippen LogP contribution in [-0.4, -0.2) is 33.4 Å². The molecule has 0 saturated heterocycles. The summed E-state index contributed by atoms with van der Waals surface area (Å²) in [7, 11) is 0. The molecule has 0 unspecified atom stereocenters. The summed E-state index contributed by atoms with van der Waals surface area (Å²) in [6, 6.07) is 3.73. The normalized spacial score (nSPS) is 11.2. The van der Waals surface area contributed by atoms with Crippen molar-refractivity contribution in [1.82, 2.24) is 5.32 Å². The molecule has 3 N–H and O–H groups in total. The summed E-state index contributed by atoms with van der Waals surface area (Å²) in [4.78, 5) is 11.8. The van der Waals surface area contributed by atoms with Crippen LogP contribution in [0.1, 0.15) is 17.3 Å². The van der Waals surface area contributed by atoms with Crippen molar-refractivity contribution in [3.63, 3.8) is 0 Å². The largest absolute Gasteiger partial charge is 0.508 e. The summed E-state index contributed by atoms with van der Waals surface area (Å²) in [6.45, 7) is 1.70. The maximum Gasteiger partial charge on any atom is 0.255 e. The van der Waals surface area contributed by atoms with Gasteiger partial charge in [-0.2, -0.15) is 0 Å². The molecule has 0 aliphatic carbocycles. The number of aromatic hydroxyl groups is 2. The van der Waals surface area contributed by atoms with Gasteiger partial charge in [-0.1, -0.05) is 0 Å². The van der Waals surface area contributed by atoms with E-state index in [0.717, 1.165) is 6.07 Å². The van der Waals surface area contributed by atoms with Crippen molar-refractivity contribution in [3.05, 3.63) is 23.8 Å². The number of carbonyl (C=O) groups excluding carboxylic acids is 1. The molecule has 0 fully saturated rings. The molecule has 17 heavy (non-hydrogen) atoms. The molecule has 1 aromatic rings. The van der Waals surface area contributed by atoms with E-state index in [1.165, 1.54) is 12.1 Å². The van der Waals surface area contributed by atoms with Crippen LogP contribution in [-0.2, 0) is 0 Å². The Morgan fingerprint density at radius 1 is 1.35 bits per heavy atom. The lowest BCUT2D eigenvalue weighted by atomic mass is 10.1. The first-order valence-electron chi connectivity index (χ1n) is 4.88. The molecule has 0 aliphatic heterocycles. The maximum atomic E-state index is 11.8. The van der Waals surface area contributed by atoms with Gasteiger partial charge in [-0.25, -0.2) is 0 Å². The van der Waals surface area contributed by atoms with Gasteiger partial charge in [0.25, 0.3) is 5.91 Å². The summed E-state index contributed by atoms with van der Waals surface area (Å²) in [6.07, 6.45) is 0. The Morgan fingerprint density at radius 2 is 1.94 bits per heavy atom. The molecule has 6 heteroatoms. The minimum Gasteiger partial charge on any atom is -0.508 e. The number of rotatable bonds is 4. The van der Waals surface area contributed by atoms with Crippen molar-refractivity contribution in [2.45, 2.75) is 12.5 Å². The van der Waals surface area contributed by atoms with Crippen molar-refractivity contribution in [2.75, 3.05) is 11.8 Å². The fourth-order valence-corrected chi connectivity index (χ4v) is 1.58. The van der Waals surface area contributed by atoms with Crippen molar-refractivity contribution in [3.8, 4) is 11.5 Å². The number of hydrogen-bond acceptors (Lipinski definition) is 3. The third-order valence-corrected chi connectivity index (χ3v) is 3.41. The molecule has 0 spiro atoms. The molecular weight excluding hydrogens is 265 g/mol. The summed E-state index contributed by atoms with van der Waals surface area (Å²) in [5.41, 5.74) is -0.686. The average molecular weight is 278 g/mol. The van der Waals surface area contributed by atoms with E-state index in [0.29, 0.717) is 0 Å². The van der Waals surface area contributed by atoms with Crippen molar-refractivity contribution in [2.24, 2.45) is 0 Å². The molecule has 0 radical (unpaired) electrons. The number of halogens is 2. The Kier molecular flexibility index (Phi) is 4.48. The highest BCUT2D eigenvalue weighted by molar-refractivity contribution is 6.22. The molecule has 0 aliphatic rings. The third kappa shape index (κ3) is 3.41. The lowest BCUT2D eigenvalue weighted by Gasteiger charge is -2.26. The van der Waals surface area contributed by atoms with E-state index in [9.17, 15) is 9.90 Å². The molecule has 0 bridgehead atoms. The highest BCUT2D eigenvalue weighted by Crippen LogP contribution is 2.23. The number of carbonyl (C=O) groups is 1. The predicted molar refractivity (Wildman–Crippen MR) is 67.1 cm³/mol. The van der Waals surface area contributed by atoms with Crippen LogP contribution in [0.2, 0.25) is 0 Å². The van der Waals surface area contributed by atoms with Crippen LogP contribution in [0, 0.1) is 0 Å². The van der Waals surface area contributed by atoms with Gasteiger partial charge in [-0.15, -0.1) is 23.2 Å². The van der Waals surface area contributed by atoms with Gasteiger partial charge in [0, 0.05) is 17.8 Å². The summed E-state index contributed by atoms with van der Waals surface area (Å²) < 4.78 is 0. The van der Waals surface area contributed by atoms with E-state index in [-0.39, 0.29) is 28.8 Å². The zero-order chi connectivity index (χ0) is 13.1. The number of benzene rings is 1. The van der Waals surface area contributed by atoms with E-state index in [4.69, 9.17) is 28.3 Å². The lowest BCUT2D eigenvalue weighted by Crippen LogP contribution is -2.49. The van der Waals surface area contributed by atoms with E-state index in [2.05, 4.69) is 5.32 Å². The Labute approximate surface area is 109 Å². The van der Waals surface area contributed by atoms with Crippen LogP contribution in [0.3, 0.4) is 0 Å². The highest BCUT2D eigenvalue weighted by Gasteiger charge is 2.26. The van der Waals surface area contributed by atoms with Crippen molar-refractivity contribution >= 4 is 29.1 Å². The molecule has 1 rings (SSSR count). The number of phenolic OH excluding ortho intramolecular Hbond substituents is 2. The third-order valence-electron chi connectivity index (χ3n) is 2.23. The van der Waals surface area contributed by atoms with Gasteiger partial charge in [0.15, 0.2) is 0 Å². The molecule has 0 heterocycles. The van der Waals surface area contributed by atoms with Crippen LogP contribution in [0.15, 0.2) is 18.2 Å².